The number of aromatic nitrogens is 2. The number of aryl methyl sites for hydroxylation is 1. The predicted octanol–water partition coefficient (Wildman–Crippen LogP) is -1.22. The average molecular weight is 295 g/mol. The van der Waals surface area contributed by atoms with Gasteiger partial charge in [-0.3, -0.25) is 14.3 Å². The monoisotopic (exact) mass is 295 g/mol. The van der Waals surface area contributed by atoms with Crippen LogP contribution in [-0.2, 0) is 21.4 Å². The first-order valence-electron chi connectivity index (χ1n) is 6.94. The van der Waals surface area contributed by atoms with Gasteiger partial charge in [0, 0.05) is 31.9 Å². The molecular weight excluding hydrogens is 274 g/mol. The summed E-state index contributed by atoms with van der Waals surface area (Å²) in [6.07, 6.45) is 3.26. The molecule has 116 valence electrons. The van der Waals surface area contributed by atoms with Gasteiger partial charge in [0.15, 0.2) is 0 Å². The van der Waals surface area contributed by atoms with Gasteiger partial charge >= 0.3 is 0 Å². The molecule has 8 nitrogen and oxygen atoms in total. The van der Waals surface area contributed by atoms with E-state index in [1.807, 2.05) is 6.92 Å². The van der Waals surface area contributed by atoms with E-state index < -0.39 is 12.1 Å². The van der Waals surface area contributed by atoms with Crippen molar-refractivity contribution in [3.8, 4) is 0 Å². The molecule has 1 aliphatic heterocycles. The van der Waals surface area contributed by atoms with E-state index in [0.29, 0.717) is 25.3 Å². The van der Waals surface area contributed by atoms with Crippen molar-refractivity contribution in [3.05, 3.63) is 18.0 Å². The summed E-state index contributed by atoms with van der Waals surface area (Å²) >= 11 is 0. The van der Waals surface area contributed by atoms with Crippen LogP contribution in [-0.4, -0.2) is 58.8 Å². The number of likely N-dealkylation sites (N-methyl/N-ethyl adjacent to an activating group) is 1. The number of rotatable bonds is 4. The van der Waals surface area contributed by atoms with Crippen LogP contribution in [0.25, 0.3) is 0 Å². The summed E-state index contributed by atoms with van der Waals surface area (Å²) in [5.41, 5.74) is 6.63. The standard InChI is InChI=1S/C13H21N5O3/c1-3-15-12(19)10-8-21-5-4-18(10)13(20)11(14)9-6-16-17(2)7-9/h6-7,10-11H,3-5,8,14H2,1-2H3,(H,15,19). The number of amides is 2. The number of carbonyl (C=O) groups is 2. The molecule has 3 N–H and O–H groups in total. The van der Waals surface area contributed by atoms with Crippen molar-refractivity contribution in [2.45, 2.75) is 19.0 Å². The smallest absolute Gasteiger partial charge is 0.245 e. The molecule has 2 heterocycles. The van der Waals surface area contributed by atoms with E-state index >= 15 is 0 Å². The van der Waals surface area contributed by atoms with Crippen LogP contribution in [0.1, 0.15) is 18.5 Å². The second-order valence-electron chi connectivity index (χ2n) is 4.94. The third-order valence-corrected chi connectivity index (χ3v) is 3.42. The van der Waals surface area contributed by atoms with Crippen molar-refractivity contribution >= 4 is 11.8 Å². The Morgan fingerprint density at radius 2 is 2.38 bits per heavy atom. The van der Waals surface area contributed by atoms with E-state index in [1.54, 1.807) is 24.1 Å². The normalized spacial score (nSPS) is 20.1. The summed E-state index contributed by atoms with van der Waals surface area (Å²) in [5.74, 6) is -0.508. The highest BCUT2D eigenvalue weighted by atomic mass is 16.5. The number of morpholine rings is 1. The highest BCUT2D eigenvalue weighted by molar-refractivity contribution is 5.90. The van der Waals surface area contributed by atoms with Gasteiger partial charge in [-0.05, 0) is 6.92 Å². The molecule has 0 saturated carbocycles. The summed E-state index contributed by atoms with van der Waals surface area (Å²) in [6, 6.07) is -1.46. The Kier molecular flexibility index (Phi) is 4.92. The number of ether oxygens (including phenoxy) is 1. The van der Waals surface area contributed by atoms with Crippen molar-refractivity contribution in [1.29, 1.82) is 0 Å². The van der Waals surface area contributed by atoms with Crippen molar-refractivity contribution < 1.29 is 14.3 Å². The third kappa shape index (κ3) is 3.40. The van der Waals surface area contributed by atoms with Gasteiger partial charge in [-0.2, -0.15) is 5.10 Å². The second kappa shape index (κ2) is 6.68. The second-order valence-corrected chi connectivity index (χ2v) is 4.94. The lowest BCUT2D eigenvalue weighted by Gasteiger charge is -2.35. The molecule has 0 bridgehead atoms. The highest BCUT2D eigenvalue weighted by Gasteiger charge is 2.35. The molecule has 1 fully saturated rings. The quantitative estimate of drug-likeness (QED) is 0.725. The van der Waals surface area contributed by atoms with Crippen LogP contribution in [0, 0.1) is 0 Å². The van der Waals surface area contributed by atoms with Crippen LogP contribution in [0.5, 0.6) is 0 Å². The zero-order valence-corrected chi connectivity index (χ0v) is 12.3. The Morgan fingerprint density at radius 1 is 1.62 bits per heavy atom. The molecule has 0 aromatic carbocycles. The van der Waals surface area contributed by atoms with Gasteiger partial charge in [0.1, 0.15) is 12.1 Å². The van der Waals surface area contributed by atoms with Gasteiger partial charge < -0.3 is 20.7 Å². The van der Waals surface area contributed by atoms with Crippen LogP contribution < -0.4 is 11.1 Å². The topological polar surface area (TPSA) is 102 Å². The average Bonchev–Trinajstić information content (AvgIpc) is 2.92. The van der Waals surface area contributed by atoms with E-state index in [1.165, 1.54) is 4.90 Å². The SMILES string of the molecule is CCNC(=O)C1COCCN1C(=O)C(N)c1cnn(C)c1. The highest BCUT2D eigenvalue weighted by Crippen LogP contribution is 2.16. The molecule has 2 atom stereocenters. The number of carbonyl (C=O) groups excluding carboxylic acids is 2. The molecule has 1 aromatic rings. The minimum atomic E-state index is -0.825. The summed E-state index contributed by atoms with van der Waals surface area (Å²) in [6.45, 7) is 3.29. The maximum Gasteiger partial charge on any atom is 0.245 e. The van der Waals surface area contributed by atoms with Crippen molar-refractivity contribution in [2.24, 2.45) is 12.8 Å². The number of nitrogens with one attached hydrogen (secondary N) is 1. The first-order valence-corrected chi connectivity index (χ1v) is 6.94. The third-order valence-electron chi connectivity index (χ3n) is 3.42. The van der Waals surface area contributed by atoms with Gasteiger partial charge in [-0.25, -0.2) is 0 Å². The maximum atomic E-state index is 12.6. The summed E-state index contributed by atoms with van der Waals surface area (Å²) in [5, 5.41) is 6.72. The number of hydrogen-bond acceptors (Lipinski definition) is 5. The lowest BCUT2D eigenvalue weighted by molar-refractivity contribution is -0.149. The summed E-state index contributed by atoms with van der Waals surface area (Å²) < 4.78 is 6.89. The largest absolute Gasteiger partial charge is 0.377 e. The fourth-order valence-electron chi connectivity index (χ4n) is 2.30. The fourth-order valence-corrected chi connectivity index (χ4v) is 2.30. The Morgan fingerprint density at radius 3 is 3.00 bits per heavy atom. The molecule has 0 aliphatic carbocycles. The molecule has 0 spiro atoms. The van der Waals surface area contributed by atoms with E-state index in [2.05, 4.69) is 10.4 Å². The van der Waals surface area contributed by atoms with Gasteiger partial charge in [-0.15, -0.1) is 0 Å². The number of hydrogen-bond donors (Lipinski definition) is 2. The van der Waals surface area contributed by atoms with E-state index in [9.17, 15) is 9.59 Å². The summed E-state index contributed by atoms with van der Waals surface area (Å²) in [4.78, 5) is 26.1. The van der Waals surface area contributed by atoms with E-state index in [0.717, 1.165) is 0 Å². The van der Waals surface area contributed by atoms with Crippen LogP contribution in [0.15, 0.2) is 12.4 Å². The first-order chi connectivity index (χ1) is 10.0. The molecule has 2 unspecified atom stereocenters. The lowest BCUT2D eigenvalue weighted by atomic mass is 10.1. The molecule has 1 aromatic heterocycles. The molecule has 2 amide bonds. The molecule has 1 aliphatic rings. The Balaban J connectivity index is 2.12. The zero-order chi connectivity index (χ0) is 15.4. The fraction of sp³-hybridized carbons (Fsp3) is 0.615. The van der Waals surface area contributed by atoms with Gasteiger partial charge in [0.05, 0.1) is 19.4 Å². The van der Waals surface area contributed by atoms with Crippen LogP contribution >= 0.6 is 0 Å². The van der Waals surface area contributed by atoms with Gasteiger partial charge in [-0.1, -0.05) is 0 Å². The Labute approximate surface area is 123 Å². The minimum absolute atomic E-state index is 0.192. The van der Waals surface area contributed by atoms with Crippen LogP contribution in [0.3, 0.4) is 0 Å². The van der Waals surface area contributed by atoms with Gasteiger partial charge in [0.2, 0.25) is 11.8 Å². The van der Waals surface area contributed by atoms with Crippen molar-refractivity contribution in [1.82, 2.24) is 20.0 Å². The predicted molar refractivity (Wildman–Crippen MR) is 75.1 cm³/mol. The van der Waals surface area contributed by atoms with Gasteiger partial charge in [0.25, 0.3) is 0 Å². The maximum absolute atomic E-state index is 12.6. The van der Waals surface area contributed by atoms with Crippen molar-refractivity contribution in [3.63, 3.8) is 0 Å². The molecule has 0 radical (unpaired) electrons. The number of nitrogens with two attached hydrogens (primary N) is 1. The van der Waals surface area contributed by atoms with Crippen LogP contribution in [0.2, 0.25) is 0 Å². The Hall–Kier alpha value is -1.93. The lowest BCUT2D eigenvalue weighted by Crippen LogP contribution is -2.57. The first kappa shape index (κ1) is 15.5. The molecular formula is C13H21N5O3. The molecule has 8 heteroatoms. The van der Waals surface area contributed by atoms with Crippen molar-refractivity contribution in [2.75, 3.05) is 26.3 Å². The Bertz CT molecular complexity index is 516. The van der Waals surface area contributed by atoms with E-state index in [-0.39, 0.29) is 18.4 Å². The van der Waals surface area contributed by atoms with E-state index in [4.69, 9.17) is 10.5 Å². The molecule has 21 heavy (non-hydrogen) atoms. The molecule has 1 saturated heterocycles. The number of nitrogens with zero attached hydrogens (tertiary/aromatic N) is 3. The minimum Gasteiger partial charge on any atom is -0.377 e. The summed E-state index contributed by atoms with van der Waals surface area (Å²) in [7, 11) is 1.76. The van der Waals surface area contributed by atoms with Crippen LogP contribution in [0.4, 0.5) is 0 Å². The zero-order valence-electron chi connectivity index (χ0n) is 12.3. The molecule has 2 rings (SSSR count).